The Balaban J connectivity index is 1.55. The van der Waals surface area contributed by atoms with Gasteiger partial charge in [0.1, 0.15) is 35.4 Å². The van der Waals surface area contributed by atoms with Crippen molar-refractivity contribution in [2.75, 3.05) is 0 Å². The van der Waals surface area contributed by atoms with E-state index in [0.717, 1.165) is 31.2 Å². The summed E-state index contributed by atoms with van der Waals surface area (Å²) in [5.74, 6) is -1.96. The third-order valence-electron chi connectivity index (χ3n) is 7.73. The molecule has 4 rings (SSSR count). The highest BCUT2D eigenvalue weighted by Crippen LogP contribution is 2.54. The van der Waals surface area contributed by atoms with Crippen LogP contribution in [0.2, 0.25) is 0 Å². The fraction of sp³-hybridized carbons (Fsp3) is 0.630. The number of unbranched alkanes of at least 4 members (excludes halogenated alkanes) is 2. The largest absolute Gasteiger partial charge is 0.508 e. The second-order valence-corrected chi connectivity index (χ2v) is 10.7. The number of carbonyl (C=O) groups excluding carboxylic acids is 1. The molecule has 0 radical (unpaired) electrons. The van der Waals surface area contributed by atoms with E-state index < -0.39 is 48.2 Å². The monoisotopic (exact) mass is 520 g/mol. The molecule has 0 aromatic heterocycles. The summed E-state index contributed by atoms with van der Waals surface area (Å²) in [6.45, 7) is 6.10. The Kier molecular flexibility index (Phi) is 7.85. The van der Waals surface area contributed by atoms with Gasteiger partial charge < -0.3 is 39.7 Å². The maximum absolute atomic E-state index is 13.0. The predicted molar refractivity (Wildman–Crippen MR) is 130 cm³/mol. The average Bonchev–Trinajstić information content (AvgIpc) is 2.83. The predicted octanol–water partition coefficient (Wildman–Crippen LogP) is 2.15. The van der Waals surface area contributed by atoms with E-state index in [1.54, 1.807) is 12.1 Å². The maximum atomic E-state index is 13.0. The van der Waals surface area contributed by atoms with Crippen LogP contribution in [0.25, 0.3) is 0 Å². The number of carbonyl (C=O) groups is 2. The first kappa shape index (κ1) is 27.4. The second kappa shape index (κ2) is 10.6. The quantitative estimate of drug-likeness (QED) is 0.266. The number of hydrogen-bond donors (Lipinski definition) is 5. The molecule has 0 saturated carbocycles. The number of fused-ring (bicyclic) bond motifs is 3. The molecule has 1 aromatic carbocycles. The first-order valence-corrected chi connectivity index (χ1v) is 12.8. The number of aliphatic hydroxyl groups excluding tert-OH is 3. The Morgan fingerprint density at radius 2 is 1.84 bits per heavy atom. The van der Waals surface area contributed by atoms with Crippen LogP contribution in [0.4, 0.5) is 0 Å². The van der Waals surface area contributed by atoms with Crippen molar-refractivity contribution in [2.24, 2.45) is 5.92 Å². The zero-order valence-electron chi connectivity index (χ0n) is 21.3. The zero-order chi connectivity index (χ0) is 27.1. The molecule has 2 aliphatic heterocycles. The molecule has 10 heteroatoms. The number of hydrogen-bond acceptors (Lipinski definition) is 9. The summed E-state index contributed by atoms with van der Waals surface area (Å²) in [5.41, 5.74) is 1.34. The van der Waals surface area contributed by atoms with E-state index in [4.69, 9.17) is 14.2 Å². The summed E-state index contributed by atoms with van der Waals surface area (Å²) in [4.78, 5) is 24.4. The van der Waals surface area contributed by atoms with E-state index in [1.807, 2.05) is 19.9 Å². The minimum atomic E-state index is -1.88. The van der Waals surface area contributed by atoms with Gasteiger partial charge in [-0.3, -0.25) is 0 Å². The third-order valence-corrected chi connectivity index (χ3v) is 7.73. The van der Waals surface area contributed by atoms with E-state index in [-0.39, 0.29) is 29.6 Å². The molecule has 37 heavy (non-hydrogen) atoms. The summed E-state index contributed by atoms with van der Waals surface area (Å²) in [6.07, 6.45) is -2.81. The summed E-state index contributed by atoms with van der Waals surface area (Å²) in [6, 6.07) is 3.72. The Morgan fingerprint density at radius 1 is 1.11 bits per heavy atom. The molecule has 10 nitrogen and oxygen atoms in total. The maximum Gasteiger partial charge on any atom is 0.336 e. The van der Waals surface area contributed by atoms with Crippen LogP contribution in [-0.2, 0) is 25.5 Å². The second-order valence-electron chi connectivity index (χ2n) is 10.7. The highest BCUT2D eigenvalue weighted by Gasteiger charge is 2.50. The fourth-order valence-corrected chi connectivity index (χ4v) is 5.67. The first-order valence-electron chi connectivity index (χ1n) is 12.8. The summed E-state index contributed by atoms with van der Waals surface area (Å²) in [5, 5.41) is 50.3. The highest BCUT2D eigenvalue weighted by molar-refractivity contribution is 5.89. The molecule has 0 unspecified atom stereocenters. The van der Waals surface area contributed by atoms with Crippen molar-refractivity contribution in [1.82, 2.24) is 0 Å². The summed E-state index contributed by atoms with van der Waals surface area (Å²) < 4.78 is 16.7. The number of phenols is 1. The van der Waals surface area contributed by atoms with Crippen LogP contribution in [0.3, 0.4) is 0 Å². The first-order chi connectivity index (χ1) is 17.4. The number of benzene rings is 1. The normalized spacial score (nSPS) is 32.4. The van der Waals surface area contributed by atoms with Gasteiger partial charge in [-0.25, -0.2) is 9.59 Å². The number of allylic oxidation sites excluding steroid dienone is 1. The van der Waals surface area contributed by atoms with Crippen molar-refractivity contribution in [1.29, 1.82) is 0 Å². The molecule has 7 atom stereocenters. The van der Waals surface area contributed by atoms with Crippen molar-refractivity contribution >= 4 is 11.9 Å². The van der Waals surface area contributed by atoms with E-state index in [0.29, 0.717) is 17.7 Å². The van der Waals surface area contributed by atoms with Crippen LogP contribution in [0.5, 0.6) is 11.5 Å². The van der Waals surface area contributed by atoms with Gasteiger partial charge in [0, 0.05) is 23.0 Å². The lowest BCUT2D eigenvalue weighted by molar-refractivity contribution is -0.285. The van der Waals surface area contributed by atoms with Crippen LogP contribution in [0.15, 0.2) is 23.8 Å². The number of carboxylic acids is 1. The van der Waals surface area contributed by atoms with Crippen LogP contribution >= 0.6 is 0 Å². The zero-order valence-corrected chi connectivity index (χ0v) is 21.3. The Hall–Kier alpha value is -2.66. The average molecular weight is 521 g/mol. The van der Waals surface area contributed by atoms with E-state index in [2.05, 4.69) is 6.92 Å². The standard InChI is InChI=1S/C27H36O10/c1-4-5-6-7-13-10-17(28)19-15-12-14(8-9-16(15)27(2,3)37-18(19)11-13)25(34)36-26-22(31)20(29)21(30)23(35-26)24(32)33/h8,10-11,15-16,20-23,26,28-31H,4-7,9,12H2,1-3H3,(H,32,33)/t15-,16-,20+,21+,22-,23+,26+/m1/s1. The molecule has 1 fully saturated rings. The number of esters is 1. The van der Waals surface area contributed by atoms with Gasteiger partial charge in [0.05, 0.1) is 0 Å². The smallest absolute Gasteiger partial charge is 0.336 e. The van der Waals surface area contributed by atoms with Crippen LogP contribution in [-0.4, -0.2) is 73.8 Å². The molecule has 204 valence electrons. The molecule has 0 bridgehead atoms. The Labute approximate surface area is 215 Å². The molecule has 1 aromatic rings. The van der Waals surface area contributed by atoms with Crippen molar-refractivity contribution < 1.29 is 49.3 Å². The van der Waals surface area contributed by atoms with Gasteiger partial charge in [-0.05, 0) is 57.2 Å². The number of aliphatic carboxylic acids is 1. The lowest BCUT2D eigenvalue weighted by Gasteiger charge is -2.47. The molecular formula is C27H36O10. The number of rotatable bonds is 7. The number of aromatic hydroxyl groups is 1. The molecule has 0 spiro atoms. The number of phenolic OH excluding ortho intramolecular Hbond substituents is 1. The van der Waals surface area contributed by atoms with E-state index in [9.17, 15) is 35.1 Å². The van der Waals surface area contributed by atoms with Crippen molar-refractivity contribution in [3.05, 3.63) is 34.9 Å². The molecule has 1 saturated heterocycles. The minimum Gasteiger partial charge on any atom is -0.508 e. The van der Waals surface area contributed by atoms with Gasteiger partial charge in [0.2, 0.25) is 6.29 Å². The fourth-order valence-electron chi connectivity index (χ4n) is 5.67. The number of aliphatic hydroxyl groups is 3. The Morgan fingerprint density at radius 3 is 2.51 bits per heavy atom. The van der Waals surface area contributed by atoms with E-state index >= 15 is 0 Å². The molecule has 2 heterocycles. The summed E-state index contributed by atoms with van der Waals surface area (Å²) in [7, 11) is 0. The minimum absolute atomic E-state index is 0.0294. The molecular weight excluding hydrogens is 484 g/mol. The van der Waals surface area contributed by atoms with Gasteiger partial charge in [0.15, 0.2) is 6.10 Å². The van der Waals surface area contributed by atoms with Crippen molar-refractivity contribution in [3.8, 4) is 11.5 Å². The number of ether oxygens (including phenoxy) is 3. The molecule has 3 aliphatic rings. The highest BCUT2D eigenvalue weighted by atomic mass is 16.7. The molecule has 1 aliphatic carbocycles. The number of carboxylic acid groups (broad SMARTS) is 1. The third kappa shape index (κ3) is 5.34. The molecule has 5 N–H and O–H groups in total. The molecule has 0 amide bonds. The van der Waals surface area contributed by atoms with Crippen LogP contribution < -0.4 is 4.74 Å². The summed E-state index contributed by atoms with van der Waals surface area (Å²) >= 11 is 0. The van der Waals surface area contributed by atoms with Gasteiger partial charge in [-0.2, -0.15) is 0 Å². The van der Waals surface area contributed by atoms with Gasteiger partial charge in [-0.15, -0.1) is 0 Å². The van der Waals surface area contributed by atoms with Gasteiger partial charge in [-0.1, -0.05) is 25.8 Å². The topological polar surface area (TPSA) is 163 Å². The van der Waals surface area contributed by atoms with Crippen LogP contribution in [0.1, 0.15) is 69.9 Å². The van der Waals surface area contributed by atoms with Crippen LogP contribution in [0, 0.1) is 5.92 Å². The lowest BCUT2D eigenvalue weighted by atomic mass is 9.67. The number of aryl methyl sites for hydroxylation is 1. The van der Waals surface area contributed by atoms with Crippen molar-refractivity contribution in [3.63, 3.8) is 0 Å². The Bertz CT molecular complexity index is 1060. The lowest BCUT2D eigenvalue weighted by Crippen LogP contribution is -2.60. The van der Waals surface area contributed by atoms with Gasteiger partial charge in [0.25, 0.3) is 0 Å². The van der Waals surface area contributed by atoms with Crippen molar-refractivity contribution in [2.45, 2.75) is 102 Å². The SMILES string of the molecule is CCCCCc1cc(O)c2c(c1)OC(C)(C)[C@@H]1CC=C(C(=O)O[C@@H]3O[C@H](C(=O)O)[C@@H](O)[C@H](O)[C@H]3O)C[C@@H]21. The van der Waals surface area contributed by atoms with Gasteiger partial charge >= 0.3 is 11.9 Å². The van der Waals surface area contributed by atoms with E-state index in [1.165, 1.54) is 0 Å².